The summed E-state index contributed by atoms with van der Waals surface area (Å²) >= 11 is 0. The molecule has 2 rings (SSSR count). The van der Waals surface area contributed by atoms with Crippen LogP contribution in [-0.4, -0.2) is 62.6 Å². The van der Waals surface area contributed by atoms with Crippen LogP contribution in [0.25, 0.3) is 0 Å². The van der Waals surface area contributed by atoms with Crippen molar-refractivity contribution in [3.8, 4) is 11.5 Å². The summed E-state index contributed by atoms with van der Waals surface area (Å²) < 4.78 is 60.2. The van der Waals surface area contributed by atoms with Gasteiger partial charge in [-0.2, -0.15) is 8.78 Å². The van der Waals surface area contributed by atoms with E-state index in [1.807, 2.05) is 0 Å². The third-order valence-corrected chi connectivity index (χ3v) is 6.76. The highest BCUT2D eigenvalue weighted by Gasteiger charge is 2.31. The van der Waals surface area contributed by atoms with Gasteiger partial charge in [0.15, 0.2) is 11.5 Å². The maximum Gasteiger partial charge on any atom is 0.387 e. The molecule has 1 amide bonds. The van der Waals surface area contributed by atoms with E-state index < -0.39 is 16.6 Å². The molecule has 1 heterocycles. The molecule has 7 nitrogen and oxygen atoms in total. The first kappa shape index (κ1) is 23.3. The molecule has 0 atom stereocenters. The lowest BCUT2D eigenvalue weighted by molar-refractivity contribution is -0.135. The quantitative estimate of drug-likeness (QED) is 0.597. The number of rotatable bonds is 9. The minimum absolute atomic E-state index is 0.0518. The first-order valence-electron chi connectivity index (χ1n) is 9.61. The number of ether oxygens (including phenoxy) is 2. The Morgan fingerprint density at radius 2 is 1.90 bits per heavy atom. The fraction of sp³-hybridized carbons (Fsp3) is 0.632. The maximum absolute atomic E-state index is 12.8. The molecular formula is C19H28F2N2O5S. The summed E-state index contributed by atoms with van der Waals surface area (Å²) in [6.07, 6.45) is 0.960. The Balaban J connectivity index is 2.00. The predicted octanol–water partition coefficient (Wildman–Crippen LogP) is 2.71. The van der Waals surface area contributed by atoms with E-state index in [0.29, 0.717) is 25.9 Å². The van der Waals surface area contributed by atoms with E-state index in [4.69, 9.17) is 4.74 Å². The smallest absolute Gasteiger partial charge is 0.387 e. The van der Waals surface area contributed by atoms with Crippen LogP contribution >= 0.6 is 0 Å². The molecule has 1 aromatic carbocycles. The second-order valence-electron chi connectivity index (χ2n) is 6.86. The highest BCUT2D eigenvalue weighted by Crippen LogP contribution is 2.30. The normalized spacial score (nSPS) is 16.1. The largest absolute Gasteiger partial charge is 0.490 e. The van der Waals surface area contributed by atoms with Crippen molar-refractivity contribution in [2.45, 2.75) is 39.8 Å². The monoisotopic (exact) mass is 434 g/mol. The number of benzene rings is 1. The van der Waals surface area contributed by atoms with Crippen molar-refractivity contribution < 1.29 is 31.5 Å². The molecule has 0 N–H and O–H groups in total. The number of nitrogens with zero attached hydrogens (tertiary/aromatic N) is 2. The summed E-state index contributed by atoms with van der Waals surface area (Å²) in [5, 5.41) is 0. The summed E-state index contributed by atoms with van der Waals surface area (Å²) in [5.41, 5.74) is 0.719. The van der Waals surface area contributed by atoms with Gasteiger partial charge in [0.1, 0.15) is 0 Å². The predicted molar refractivity (Wildman–Crippen MR) is 104 cm³/mol. The van der Waals surface area contributed by atoms with Crippen LogP contribution in [0.2, 0.25) is 0 Å². The van der Waals surface area contributed by atoms with Crippen LogP contribution in [0.1, 0.15) is 32.3 Å². The average molecular weight is 435 g/mol. The molecule has 0 radical (unpaired) electrons. The third-order valence-electron chi connectivity index (χ3n) is 4.88. The van der Waals surface area contributed by atoms with Gasteiger partial charge >= 0.3 is 6.61 Å². The van der Waals surface area contributed by atoms with E-state index in [2.05, 4.69) is 4.74 Å². The van der Waals surface area contributed by atoms with E-state index in [0.717, 1.165) is 5.56 Å². The molecule has 10 heteroatoms. The van der Waals surface area contributed by atoms with Gasteiger partial charge in [-0.15, -0.1) is 0 Å². The van der Waals surface area contributed by atoms with Crippen LogP contribution in [0.4, 0.5) is 8.78 Å². The zero-order valence-corrected chi connectivity index (χ0v) is 17.8. The molecule has 29 heavy (non-hydrogen) atoms. The molecular weight excluding hydrogens is 406 g/mol. The fourth-order valence-electron chi connectivity index (χ4n) is 3.34. The Hall–Kier alpha value is -1.94. The molecule has 164 valence electrons. The molecule has 1 aromatic rings. The second-order valence-corrected chi connectivity index (χ2v) is 9.12. The van der Waals surface area contributed by atoms with Crippen molar-refractivity contribution in [1.29, 1.82) is 0 Å². The molecule has 1 aliphatic heterocycles. The summed E-state index contributed by atoms with van der Waals surface area (Å²) in [6.45, 7) is 1.64. The Kier molecular flexibility index (Phi) is 8.21. The first-order chi connectivity index (χ1) is 13.7. The summed E-state index contributed by atoms with van der Waals surface area (Å²) in [7, 11) is -1.56. The van der Waals surface area contributed by atoms with Crippen LogP contribution in [0.3, 0.4) is 0 Å². The van der Waals surface area contributed by atoms with E-state index in [9.17, 15) is 22.0 Å². The van der Waals surface area contributed by atoms with Gasteiger partial charge in [0, 0.05) is 32.6 Å². The van der Waals surface area contributed by atoms with E-state index in [-0.39, 0.29) is 42.2 Å². The lowest BCUT2D eigenvalue weighted by Gasteiger charge is -2.32. The molecule has 0 saturated carbocycles. The van der Waals surface area contributed by atoms with Crippen LogP contribution in [0.15, 0.2) is 18.2 Å². The number of hydrogen-bond acceptors (Lipinski definition) is 5. The summed E-state index contributed by atoms with van der Waals surface area (Å²) in [5.74, 6) is -0.104. The van der Waals surface area contributed by atoms with Gasteiger partial charge < -0.3 is 14.4 Å². The molecule has 1 aliphatic rings. The number of carbonyl (C=O) groups excluding carboxylic acids is 1. The maximum atomic E-state index is 12.8. The Bertz CT molecular complexity index is 796. The number of hydrogen-bond donors (Lipinski definition) is 0. The Morgan fingerprint density at radius 1 is 1.24 bits per heavy atom. The first-order valence-corrected chi connectivity index (χ1v) is 11.2. The minimum atomic E-state index is -3.23. The fourth-order valence-corrected chi connectivity index (χ4v) is 4.47. The number of halogens is 2. The third kappa shape index (κ3) is 6.27. The van der Waals surface area contributed by atoms with Gasteiger partial charge in [-0.1, -0.05) is 6.07 Å². The van der Waals surface area contributed by atoms with Gasteiger partial charge in [-0.05, 0) is 44.4 Å². The SMILES string of the molecule is CCOc1cc(CN(C)C(=O)C2CCN(S(=O)(=O)CC)CC2)ccc1OC(F)F. The highest BCUT2D eigenvalue weighted by atomic mass is 32.2. The van der Waals surface area contributed by atoms with Crippen molar-refractivity contribution in [2.24, 2.45) is 5.92 Å². The van der Waals surface area contributed by atoms with Gasteiger partial charge in [0.05, 0.1) is 12.4 Å². The number of carbonyl (C=O) groups is 1. The topological polar surface area (TPSA) is 76.2 Å². The highest BCUT2D eigenvalue weighted by molar-refractivity contribution is 7.89. The van der Waals surface area contributed by atoms with Gasteiger partial charge in [-0.3, -0.25) is 4.79 Å². The summed E-state index contributed by atoms with van der Waals surface area (Å²) in [6, 6.07) is 4.60. The average Bonchev–Trinajstić information content (AvgIpc) is 2.69. The van der Waals surface area contributed by atoms with Crippen LogP contribution in [0, 0.1) is 5.92 Å². The molecule has 1 saturated heterocycles. The second kappa shape index (κ2) is 10.2. The van der Waals surface area contributed by atoms with Crippen LogP contribution in [-0.2, 0) is 21.4 Å². The van der Waals surface area contributed by atoms with E-state index >= 15 is 0 Å². The number of sulfonamides is 1. The number of piperidine rings is 1. The van der Waals surface area contributed by atoms with Crippen molar-refractivity contribution in [3.63, 3.8) is 0 Å². The molecule has 0 bridgehead atoms. The van der Waals surface area contributed by atoms with E-state index in [1.165, 1.54) is 10.4 Å². The number of amides is 1. The molecule has 0 unspecified atom stereocenters. The number of alkyl halides is 2. The van der Waals surface area contributed by atoms with Gasteiger partial charge in [-0.25, -0.2) is 12.7 Å². The molecule has 1 fully saturated rings. The molecule has 0 spiro atoms. The Morgan fingerprint density at radius 3 is 2.45 bits per heavy atom. The zero-order chi connectivity index (χ0) is 21.6. The molecule has 0 aliphatic carbocycles. The van der Waals surface area contributed by atoms with Crippen LogP contribution in [0.5, 0.6) is 11.5 Å². The minimum Gasteiger partial charge on any atom is -0.490 e. The Labute approximate surface area is 170 Å². The van der Waals surface area contributed by atoms with Crippen molar-refractivity contribution in [1.82, 2.24) is 9.21 Å². The van der Waals surface area contributed by atoms with Gasteiger partial charge in [0.25, 0.3) is 0 Å². The van der Waals surface area contributed by atoms with Crippen molar-refractivity contribution in [2.75, 3.05) is 32.5 Å². The van der Waals surface area contributed by atoms with Gasteiger partial charge in [0.2, 0.25) is 15.9 Å². The lowest BCUT2D eigenvalue weighted by atomic mass is 9.96. The summed E-state index contributed by atoms with van der Waals surface area (Å²) in [4.78, 5) is 14.3. The van der Waals surface area contributed by atoms with Crippen molar-refractivity contribution >= 4 is 15.9 Å². The van der Waals surface area contributed by atoms with Crippen molar-refractivity contribution in [3.05, 3.63) is 23.8 Å². The lowest BCUT2D eigenvalue weighted by Crippen LogP contribution is -2.43. The zero-order valence-electron chi connectivity index (χ0n) is 16.9. The standard InChI is InChI=1S/C19H28F2N2O5S/c1-4-27-17-12-14(6-7-16(17)28-19(20)21)13-22(3)18(24)15-8-10-23(11-9-15)29(25,26)5-2/h6-7,12,15,19H,4-5,8-11,13H2,1-3H3. The van der Waals surface area contributed by atoms with Crippen LogP contribution < -0.4 is 9.47 Å². The van der Waals surface area contributed by atoms with E-state index in [1.54, 1.807) is 37.9 Å². The molecule has 0 aromatic heterocycles.